The standard InChI is InChI=1S/C50H35N7/c1-50(2,3)48-52-47(53-49(54-48)57-43-22-12-7-16-35(43)36-17-8-13-23-44(36)57)39-28-31(30-51)24-27-45(39)56-42-21-11-6-18-37(42)38-26-25-32(29-46(38)56)55-40-19-9-4-14-33(40)34-15-5-10-20-41(34)55/h4-29H,1-3H3. The first kappa shape index (κ1) is 32.8. The molecule has 0 amide bonds. The predicted molar refractivity (Wildman–Crippen MR) is 232 cm³/mol. The monoisotopic (exact) mass is 733 g/mol. The van der Waals surface area contributed by atoms with Gasteiger partial charge in [-0.3, -0.25) is 4.57 Å². The molecular weight excluding hydrogens is 699 g/mol. The molecule has 11 aromatic rings. The number of rotatable bonds is 4. The van der Waals surface area contributed by atoms with Crippen LogP contribution in [0.15, 0.2) is 158 Å². The largest absolute Gasteiger partial charge is 0.309 e. The summed E-state index contributed by atoms with van der Waals surface area (Å²) in [5, 5.41) is 17.2. The van der Waals surface area contributed by atoms with Crippen molar-refractivity contribution in [2.24, 2.45) is 0 Å². The van der Waals surface area contributed by atoms with Crippen LogP contribution in [0.5, 0.6) is 0 Å². The lowest BCUT2D eigenvalue weighted by atomic mass is 9.95. The Morgan fingerprint density at radius 2 is 0.930 bits per heavy atom. The molecule has 0 atom stereocenters. The van der Waals surface area contributed by atoms with Gasteiger partial charge in [-0.15, -0.1) is 0 Å². The van der Waals surface area contributed by atoms with Crippen LogP contribution in [0.4, 0.5) is 0 Å². The maximum absolute atomic E-state index is 10.3. The normalized spacial score (nSPS) is 12.1. The Hall–Kier alpha value is -7.56. The van der Waals surface area contributed by atoms with Gasteiger partial charge >= 0.3 is 0 Å². The van der Waals surface area contributed by atoms with E-state index in [-0.39, 0.29) is 0 Å². The highest BCUT2D eigenvalue weighted by Crippen LogP contribution is 2.40. The molecule has 0 N–H and O–H groups in total. The zero-order valence-corrected chi connectivity index (χ0v) is 31.6. The van der Waals surface area contributed by atoms with E-state index in [9.17, 15) is 5.26 Å². The third kappa shape index (κ3) is 4.94. The second kappa shape index (κ2) is 12.2. The van der Waals surface area contributed by atoms with E-state index in [0.717, 1.165) is 71.6 Å². The summed E-state index contributed by atoms with van der Waals surface area (Å²) < 4.78 is 6.79. The van der Waals surface area contributed by atoms with Crippen LogP contribution >= 0.6 is 0 Å². The second-order valence-corrected chi connectivity index (χ2v) is 15.7. The molecule has 0 radical (unpaired) electrons. The van der Waals surface area contributed by atoms with Crippen LogP contribution in [0.2, 0.25) is 0 Å². The predicted octanol–water partition coefficient (Wildman–Crippen LogP) is 12.0. The van der Waals surface area contributed by atoms with Gasteiger partial charge in [0.1, 0.15) is 5.82 Å². The van der Waals surface area contributed by atoms with E-state index in [1.165, 1.54) is 10.8 Å². The Labute approximate surface area is 328 Å². The first-order valence-electron chi connectivity index (χ1n) is 19.2. The maximum atomic E-state index is 10.3. The molecule has 0 saturated heterocycles. The lowest BCUT2D eigenvalue weighted by molar-refractivity contribution is 0.540. The van der Waals surface area contributed by atoms with Crippen LogP contribution in [0.3, 0.4) is 0 Å². The summed E-state index contributed by atoms with van der Waals surface area (Å²) in [5.74, 6) is 1.70. The van der Waals surface area contributed by atoms with Crippen LogP contribution in [0, 0.1) is 11.3 Å². The summed E-state index contributed by atoms with van der Waals surface area (Å²) in [4.78, 5) is 15.7. The summed E-state index contributed by atoms with van der Waals surface area (Å²) >= 11 is 0. The lowest BCUT2D eigenvalue weighted by Gasteiger charge is -2.20. The van der Waals surface area contributed by atoms with Crippen molar-refractivity contribution in [3.8, 4) is 34.8 Å². The molecular formula is C50H35N7. The summed E-state index contributed by atoms with van der Waals surface area (Å²) in [6.45, 7) is 6.37. The highest BCUT2D eigenvalue weighted by Gasteiger charge is 2.25. The fraction of sp³-hybridized carbons (Fsp3) is 0.0800. The zero-order valence-electron chi connectivity index (χ0n) is 31.6. The summed E-state index contributed by atoms with van der Waals surface area (Å²) in [6.07, 6.45) is 0. The number of para-hydroxylation sites is 5. The first-order chi connectivity index (χ1) is 27.9. The molecule has 0 fully saturated rings. The molecule has 0 unspecified atom stereocenters. The van der Waals surface area contributed by atoms with Gasteiger partial charge in [-0.1, -0.05) is 118 Å². The van der Waals surface area contributed by atoms with E-state index >= 15 is 0 Å². The molecule has 270 valence electrons. The summed E-state index contributed by atoms with van der Waals surface area (Å²) in [7, 11) is 0. The molecule has 57 heavy (non-hydrogen) atoms. The van der Waals surface area contributed by atoms with E-state index in [1.807, 2.05) is 18.2 Å². The lowest BCUT2D eigenvalue weighted by Crippen LogP contribution is -2.19. The number of benzene rings is 7. The molecule has 0 aliphatic heterocycles. The van der Waals surface area contributed by atoms with Crippen molar-refractivity contribution >= 4 is 65.4 Å². The van der Waals surface area contributed by atoms with Crippen LogP contribution in [0.1, 0.15) is 32.2 Å². The molecule has 11 rings (SSSR count). The summed E-state index contributed by atoms with van der Waals surface area (Å²) in [5.41, 5.74) is 9.22. The van der Waals surface area contributed by atoms with Gasteiger partial charge in [-0.25, -0.2) is 4.98 Å². The molecule has 7 nitrogen and oxygen atoms in total. The van der Waals surface area contributed by atoms with Crippen LogP contribution in [-0.2, 0) is 5.41 Å². The second-order valence-electron chi connectivity index (χ2n) is 15.7. The molecule has 0 aliphatic carbocycles. The van der Waals surface area contributed by atoms with Gasteiger partial charge < -0.3 is 9.13 Å². The van der Waals surface area contributed by atoms with Gasteiger partial charge in [0.2, 0.25) is 5.95 Å². The van der Waals surface area contributed by atoms with Crippen molar-refractivity contribution in [1.29, 1.82) is 5.26 Å². The van der Waals surface area contributed by atoms with Gasteiger partial charge in [0, 0.05) is 49.0 Å². The quantitative estimate of drug-likeness (QED) is 0.180. The van der Waals surface area contributed by atoms with Gasteiger partial charge in [-0.05, 0) is 60.7 Å². The third-order valence-corrected chi connectivity index (χ3v) is 11.2. The van der Waals surface area contributed by atoms with E-state index in [4.69, 9.17) is 15.0 Å². The summed E-state index contributed by atoms with van der Waals surface area (Å²) in [6, 6.07) is 57.4. The molecule has 7 aromatic carbocycles. The van der Waals surface area contributed by atoms with Crippen molar-refractivity contribution < 1.29 is 0 Å². The Morgan fingerprint density at radius 3 is 1.44 bits per heavy atom. The molecule has 0 saturated carbocycles. The number of nitriles is 1. The minimum Gasteiger partial charge on any atom is -0.309 e. The average Bonchev–Trinajstić information content (AvgIpc) is 3.88. The first-order valence-corrected chi connectivity index (χ1v) is 19.2. The van der Waals surface area contributed by atoms with Gasteiger partial charge in [-0.2, -0.15) is 15.2 Å². The van der Waals surface area contributed by atoms with E-state index in [1.54, 1.807) is 0 Å². The smallest absolute Gasteiger partial charge is 0.238 e. The van der Waals surface area contributed by atoms with Crippen LogP contribution in [-0.4, -0.2) is 28.7 Å². The molecule has 4 heterocycles. The topological polar surface area (TPSA) is 77.2 Å². The number of hydrogen-bond acceptors (Lipinski definition) is 4. The maximum Gasteiger partial charge on any atom is 0.238 e. The van der Waals surface area contributed by atoms with Crippen molar-refractivity contribution in [2.45, 2.75) is 26.2 Å². The fourth-order valence-electron chi connectivity index (χ4n) is 8.60. The van der Waals surface area contributed by atoms with Gasteiger partial charge in [0.15, 0.2) is 5.82 Å². The molecule has 0 aliphatic rings. The van der Waals surface area contributed by atoms with E-state index < -0.39 is 5.41 Å². The molecule has 4 aromatic heterocycles. The minimum atomic E-state index is -0.401. The number of fused-ring (bicyclic) bond motifs is 9. The Kier molecular flexibility index (Phi) is 7.04. The zero-order chi connectivity index (χ0) is 38.4. The van der Waals surface area contributed by atoms with Gasteiger partial charge in [0.25, 0.3) is 0 Å². The van der Waals surface area contributed by atoms with E-state index in [0.29, 0.717) is 23.2 Å². The average molecular weight is 734 g/mol. The molecule has 7 heteroatoms. The molecule has 0 spiro atoms. The Bertz CT molecular complexity index is 3370. The highest BCUT2D eigenvalue weighted by atomic mass is 15.2. The van der Waals surface area contributed by atoms with E-state index in [2.05, 4.69) is 180 Å². The molecule has 0 bridgehead atoms. The number of aromatic nitrogens is 6. The van der Waals surface area contributed by atoms with Crippen molar-refractivity contribution in [1.82, 2.24) is 28.7 Å². The van der Waals surface area contributed by atoms with Crippen LogP contribution in [0.25, 0.3) is 94.1 Å². The van der Waals surface area contributed by atoms with Crippen LogP contribution < -0.4 is 0 Å². The SMILES string of the molecule is CC(C)(C)c1nc(-c2cc(C#N)ccc2-n2c3ccccc3c3ccc(-n4c5ccccc5c5ccccc54)cc32)nc(-n2c3ccccc3c3ccccc32)n1. The minimum absolute atomic E-state index is 0.401. The Morgan fingerprint density at radius 1 is 0.456 bits per heavy atom. The third-order valence-electron chi connectivity index (χ3n) is 11.2. The fourth-order valence-corrected chi connectivity index (χ4v) is 8.60. The number of hydrogen-bond donors (Lipinski definition) is 0. The van der Waals surface area contributed by atoms with Crippen molar-refractivity contribution in [3.05, 3.63) is 169 Å². The van der Waals surface area contributed by atoms with Gasteiger partial charge in [0.05, 0.1) is 50.4 Å². The van der Waals surface area contributed by atoms with Crippen molar-refractivity contribution in [3.63, 3.8) is 0 Å². The highest BCUT2D eigenvalue weighted by molar-refractivity contribution is 6.12. The number of nitrogens with zero attached hydrogens (tertiary/aromatic N) is 7. The van der Waals surface area contributed by atoms with Crippen molar-refractivity contribution in [2.75, 3.05) is 0 Å². The Balaban J connectivity index is 1.21.